The number of carbonyl (C=O) groups is 2. The van der Waals surface area contributed by atoms with Crippen molar-refractivity contribution in [3.05, 3.63) is 70.7 Å². The van der Waals surface area contributed by atoms with Crippen molar-refractivity contribution in [2.45, 2.75) is 26.7 Å². The molecule has 0 unspecified atom stereocenters. The van der Waals surface area contributed by atoms with E-state index in [2.05, 4.69) is 34.8 Å². The summed E-state index contributed by atoms with van der Waals surface area (Å²) in [5, 5.41) is 10.2. The monoisotopic (exact) mass is 394 g/mol. The molecule has 0 aliphatic heterocycles. The highest BCUT2D eigenvalue weighted by Gasteiger charge is 2.13. The van der Waals surface area contributed by atoms with Crippen LogP contribution < -0.4 is 16.0 Å². The number of nitrogens with zero attached hydrogens (tertiary/aromatic N) is 1. The Kier molecular flexibility index (Phi) is 6.06. The SMILES string of the molecule is Cc1cccc(NC(=O)Nc2nc(C(=O)Nc3ccc(C(C)C)cc3)cs2)c1. The largest absolute Gasteiger partial charge is 0.325 e. The first-order valence-electron chi connectivity index (χ1n) is 8.92. The van der Waals surface area contributed by atoms with Gasteiger partial charge in [0, 0.05) is 16.8 Å². The smallest absolute Gasteiger partial charge is 0.321 e. The second kappa shape index (κ2) is 8.67. The highest BCUT2D eigenvalue weighted by Crippen LogP contribution is 2.20. The number of carbonyl (C=O) groups excluding carboxylic acids is 2. The summed E-state index contributed by atoms with van der Waals surface area (Å²) < 4.78 is 0. The Labute approximate surface area is 168 Å². The zero-order valence-corrected chi connectivity index (χ0v) is 16.8. The van der Waals surface area contributed by atoms with E-state index >= 15 is 0 Å². The van der Waals surface area contributed by atoms with Crippen LogP contribution >= 0.6 is 11.3 Å². The van der Waals surface area contributed by atoms with Gasteiger partial charge in [0.15, 0.2) is 5.13 Å². The van der Waals surface area contributed by atoms with Gasteiger partial charge in [-0.05, 0) is 48.2 Å². The number of nitrogens with one attached hydrogen (secondary N) is 3. The minimum atomic E-state index is -0.406. The van der Waals surface area contributed by atoms with E-state index < -0.39 is 6.03 Å². The van der Waals surface area contributed by atoms with E-state index in [0.29, 0.717) is 22.4 Å². The molecule has 28 heavy (non-hydrogen) atoms. The van der Waals surface area contributed by atoms with Crippen LogP contribution in [0.25, 0.3) is 0 Å². The molecule has 3 aromatic rings. The topological polar surface area (TPSA) is 83.1 Å². The van der Waals surface area contributed by atoms with Crippen LogP contribution in [-0.2, 0) is 0 Å². The average molecular weight is 395 g/mol. The molecule has 3 rings (SSSR count). The summed E-state index contributed by atoms with van der Waals surface area (Å²) in [6.45, 7) is 6.18. The average Bonchev–Trinajstić information content (AvgIpc) is 3.10. The predicted molar refractivity (Wildman–Crippen MR) is 114 cm³/mol. The van der Waals surface area contributed by atoms with E-state index in [4.69, 9.17) is 0 Å². The fraction of sp³-hybridized carbons (Fsp3) is 0.190. The van der Waals surface area contributed by atoms with Crippen LogP contribution in [0.2, 0.25) is 0 Å². The van der Waals surface area contributed by atoms with E-state index in [1.54, 1.807) is 11.4 Å². The second-order valence-corrected chi connectivity index (χ2v) is 7.58. The highest BCUT2D eigenvalue weighted by atomic mass is 32.1. The molecule has 2 aromatic carbocycles. The summed E-state index contributed by atoms with van der Waals surface area (Å²) in [6.07, 6.45) is 0. The normalized spacial score (nSPS) is 10.6. The number of anilines is 3. The summed E-state index contributed by atoms with van der Waals surface area (Å²) in [7, 11) is 0. The maximum atomic E-state index is 12.4. The summed E-state index contributed by atoms with van der Waals surface area (Å²) in [4.78, 5) is 28.6. The number of aromatic nitrogens is 1. The molecule has 1 heterocycles. The van der Waals surface area contributed by atoms with Crippen LogP contribution in [0.15, 0.2) is 53.9 Å². The Balaban J connectivity index is 1.58. The molecule has 0 aliphatic rings. The molecule has 3 N–H and O–H groups in total. The summed E-state index contributed by atoms with van der Waals surface area (Å²) >= 11 is 1.19. The van der Waals surface area contributed by atoms with Gasteiger partial charge < -0.3 is 10.6 Å². The fourth-order valence-corrected chi connectivity index (χ4v) is 3.25. The maximum Gasteiger partial charge on any atom is 0.325 e. The number of hydrogen-bond acceptors (Lipinski definition) is 4. The van der Waals surface area contributed by atoms with Crippen molar-refractivity contribution in [1.82, 2.24) is 4.98 Å². The lowest BCUT2D eigenvalue weighted by molar-refractivity contribution is 0.102. The van der Waals surface area contributed by atoms with Crippen LogP contribution in [0, 0.1) is 6.92 Å². The zero-order valence-electron chi connectivity index (χ0n) is 15.9. The molecular formula is C21H22N4O2S. The summed E-state index contributed by atoms with van der Waals surface area (Å²) in [5.41, 5.74) is 3.90. The minimum absolute atomic E-state index is 0.254. The Bertz CT molecular complexity index is 980. The van der Waals surface area contributed by atoms with E-state index in [0.717, 1.165) is 5.56 Å². The quantitative estimate of drug-likeness (QED) is 0.536. The van der Waals surface area contributed by atoms with Gasteiger partial charge in [0.2, 0.25) is 0 Å². The Morgan fingerprint density at radius 1 is 0.964 bits per heavy atom. The van der Waals surface area contributed by atoms with E-state index in [1.807, 2.05) is 49.4 Å². The highest BCUT2D eigenvalue weighted by molar-refractivity contribution is 7.14. The first-order chi connectivity index (χ1) is 13.4. The minimum Gasteiger partial charge on any atom is -0.321 e. The van der Waals surface area contributed by atoms with Gasteiger partial charge >= 0.3 is 6.03 Å². The Morgan fingerprint density at radius 3 is 2.39 bits per heavy atom. The van der Waals surface area contributed by atoms with Gasteiger partial charge in [-0.15, -0.1) is 11.3 Å². The van der Waals surface area contributed by atoms with Crippen molar-refractivity contribution in [2.24, 2.45) is 0 Å². The molecule has 1 aromatic heterocycles. The first-order valence-corrected chi connectivity index (χ1v) is 9.80. The molecule has 0 fully saturated rings. The van der Waals surface area contributed by atoms with Gasteiger partial charge in [0.1, 0.15) is 5.69 Å². The molecule has 0 atom stereocenters. The van der Waals surface area contributed by atoms with Crippen molar-refractivity contribution in [2.75, 3.05) is 16.0 Å². The number of aryl methyl sites for hydroxylation is 1. The van der Waals surface area contributed by atoms with Crippen LogP contribution in [0.1, 0.15) is 41.4 Å². The molecule has 144 valence electrons. The molecule has 0 saturated heterocycles. The molecular weight excluding hydrogens is 372 g/mol. The van der Waals surface area contributed by atoms with Gasteiger partial charge in [0.25, 0.3) is 5.91 Å². The lowest BCUT2D eigenvalue weighted by atomic mass is 10.0. The Morgan fingerprint density at radius 2 is 1.71 bits per heavy atom. The number of benzene rings is 2. The molecule has 0 spiro atoms. The van der Waals surface area contributed by atoms with Gasteiger partial charge in [0.05, 0.1) is 0 Å². The molecule has 7 heteroatoms. The number of rotatable bonds is 5. The fourth-order valence-electron chi connectivity index (χ4n) is 2.56. The van der Waals surface area contributed by atoms with Crippen molar-refractivity contribution in [1.29, 1.82) is 0 Å². The number of urea groups is 1. The molecule has 0 bridgehead atoms. The van der Waals surface area contributed by atoms with Crippen molar-refractivity contribution >= 4 is 39.8 Å². The van der Waals surface area contributed by atoms with E-state index in [1.165, 1.54) is 16.9 Å². The van der Waals surface area contributed by atoms with Crippen LogP contribution in [-0.4, -0.2) is 16.9 Å². The van der Waals surface area contributed by atoms with Crippen LogP contribution in [0.5, 0.6) is 0 Å². The zero-order chi connectivity index (χ0) is 20.1. The number of thiazole rings is 1. The molecule has 0 aliphatic carbocycles. The second-order valence-electron chi connectivity index (χ2n) is 6.72. The third kappa shape index (κ3) is 5.17. The van der Waals surface area contributed by atoms with E-state index in [9.17, 15) is 9.59 Å². The first kappa shape index (κ1) is 19.6. The molecule has 3 amide bonds. The number of amides is 3. The third-order valence-corrected chi connectivity index (χ3v) is 4.83. The summed E-state index contributed by atoms with van der Waals surface area (Å²) in [5.74, 6) is 0.114. The van der Waals surface area contributed by atoms with Crippen molar-refractivity contribution in [3.63, 3.8) is 0 Å². The Hall–Kier alpha value is -3.19. The standard InChI is InChI=1S/C21H22N4O2S/c1-13(2)15-7-9-16(10-8-15)22-19(26)18-12-28-21(24-18)25-20(27)23-17-6-4-5-14(3)11-17/h4-13H,1-3H3,(H,22,26)(H2,23,24,25,27). The van der Waals surface area contributed by atoms with Gasteiger partial charge in [-0.2, -0.15) is 0 Å². The predicted octanol–water partition coefficient (Wildman–Crippen LogP) is 5.47. The molecule has 6 nitrogen and oxygen atoms in total. The van der Waals surface area contributed by atoms with Crippen molar-refractivity contribution < 1.29 is 9.59 Å². The number of hydrogen-bond donors (Lipinski definition) is 3. The van der Waals surface area contributed by atoms with Gasteiger partial charge in [-0.3, -0.25) is 10.1 Å². The van der Waals surface area contributed by atoms with Gasteiger partial charge in [-0.25, -0.2) is 9.78 Å². The lowest BCUT2D eigenvalue weighted by Crippen LogP contribution is -2.19. The van der Waals surface area contributed by atoms with Crippen molar-refractivity contribution in [3.8, 4) is 0 Å². The molecule has 0 radical (unpaired) electrons. The van der Waals surface area contributed by atoms with Crippen LogP contribution in [0.3, 0.4) is 0 Å². The third-order valence-electron chi connectivity index (χ3n) is 4.07. The molecule has 0 saturated carbocycles. The van der Waals surface area contributed by atoms with Crippen LogP contribution in [0.4, 0.5) is 21.3 Å². The summed E-state index contributed by atoms with van der Waals surface area (Å²) in [6, 6.07) is 14.8. The maximum absolute atomic E-state index is 12.4. The van der Waals surface area contributed by atoms with Gasteiger partial charge in [-0.1, -0.05) is 38.1 Å². The van der Waals surface area contributed by atoms with E-state index in [-0.39, 0.29) is 11.6 Å². The lowest BCUT2D eigenvalue weighted by Gasteiger charge is -2.07.